The number of benzene rings is 1. The zero-order valence-corrected chi connectivity index (χ0v) is 13.8. The standard InChI is InChI=1S/C18H25NO4/c1-13(2)12-23-16-7-5-14(6-8-16)10-17(20)19-9-3-4-15(11-19)18(21)22/h5-8,13,15H,3-4,9-12H2,1-2H3,(H,21,22)/t15-/m0/s1. The van der Waals surface area contributed by atoms with E-state index in [2.05, 4.69) is 13.8 Å². The third-order valence-electron chi connectivity index (χ3n) is 3.99. The number of hydrogen-bond acceptors (Lipinski definition) is 3. The van der Waals surface area contributed by atoms with Crippen molar-refractivity contribution in [3.05, 3.63) is 29.8 Å². The van der Waals surface area contributed by atoms with Gasteiger partial charge in [-0.25, -0.2) is 0 Å². The maximum atomic E-state index is 12.3. The number of amides is 1. The minimum Gasteiger partial charge on any atom is -0.493 e. The number of aliphatic carboxylic acids is 1. The molecule has 1 fully saturated rings. The Labute approximate surface area is 137 Å². The van der Waals surface area contributed by atoms with Gasteiger partial charge in [0.1, 0.15) is 5.75 Å². The molecule has 1 aromatic carbocycles. The van der Waals surface area contributed by atoms with E-state index in [0.29, 0.717) is 38.5 Å². The summed E-state index contributed by atoms with van der Waals surface area (Å²) in [4.78, 5) is 25.1. The highest BCUT2D eigenvalue weighted by Crippen LogP contribution is 2.19. The lowest BCUT2D eigenvalue weighted by atomic mass is 9.97. The Morgan fingerprint density at radius 1 is 1.30 bits per heavy atom. The maximum Gasteiger partial charge on any atom is 0.308 e. The molecule has 0 saturated carbocycles. The van der Waals surface area contributed by atoms with Crippen LogP contribution >= 0.6 is 0 Å². The molecule has 1 aliphatic rings. The zero-order valence-electron chi connectivity index (χ0n) is 13.8. The Balaban J connectivity index is 1.88. The maximum absolute atomic E-state index is 12.3. The Morgan fingerprint density at radius 2 is 2.00 bits per heavy atom. The van der Waals surface area contributed by atoms with Crippen LogP contribution in [0.1, 0.15) is 32.3 Å². The van der Waals surface area contributed by atoms with Crippen LogP contribution in [0, 0.1) is 11.8 Å². The predicted octanol–water partition coefficient (Wildman–Crippen LogP) is 2.59. The van der Waals surface area contributed by atoms with E-state index in [1.165, 1.54) is 0 Å². The van der Waals surface area contributed by atoms with Crippen LogP contribution in [0.15, 0.2) is 24.3 Å². The van der Waals surface area contributed by atoms with Crippen LogP contribution in [0.5, 0.6) is 5.75 Å². The van der Waals surface area contributed by atoms with Gasteiger partial charge in [0.15, 0.2) is 0 Å². The minimum absolute atomic E-state index is 0.00759. The molecule has 1 N–H and O–H groups in total. The summed E-state index contributed by atoms with van der Waals surface area (Å²) < 4.78 is 5.62. The van der Waals surface area contributed by atoms with Gasteiger partial charge in [0.2, 0.25) is 5.91 Å². The zero-order chi connectivity index (χ0) is 16.8. The third-order valence-corrected chi connectivity index (χ3v) is 3.99. The topological polar surface area (TPSA) is 66.8 Å². The first-order valence-electron chi connectivity index (χ1n) is 8.18. The summed E-state index contributed by atoms with van der Waals surface area (Å²) in [5.74, 6) is 0.0248. The summed E-state index contributed by atoms with van der Waals surface area (Å²) in [6.45, 7) is 5.83. The van der Waals surface area contributed by atoms with Crippen molar-refractivity contribution in [2.45, 2.75) is 33.1 Å². The lowest BCUT2D eigenvalue weighted by Gasteiger charge is -2.30. The van der Waals surface area contributed by atoms with E-state index in [1.807, 2.05) is 24.3 Å². The first-order chi connectivity index (χ1) is 11.0. The van der Waals surface area contributed by atoms with Crippen molar-refractivity contribution in [2.75, 3.05) is 19.7 Å². The van der Waals surface area contributed by atoms with Gasteiger partial charge in [0.25, 0.3) is 0 Å². The number of carboxylic acid groups (broad SMARTS) is 1. The molecule has 0 aliphatic carbocycles. The summed E-state index contributed by atoms with van der Waals surface area (Å²) in [6.07, 6.45) is 1.71. The fourth-order valence-corrected chi connectivity index (χ4v) is 2.66. The van der Waals surface area contributed by atoms with Crippen molar-refractivity contribution in [2.24, 2.45) is 11.8 Å². The normalized spacial score (nSPS) is 18.0. The van der Waals surface area contributed by atoms with Crippen molar-refractivity contribution in [1.82, 2.24) is 4.90 Å². The molecule has 0 radical (unpaired) electrons. The van der Waals surface area contributed by atoms with Gasteiger partial charge in [0.05, 0.1) is 18.9 Å². The largest absolute Gasteiger partial charge is 0.493 e. The number of likely N-dealkylation sites (tertiary alicyclic amines) is 1. The average molecular weight is 319 g/mol. The quantitative estimate of drug-likeness (QED) is 0.875. The second kappa shape index (κ2) is 7.99. The first-order valence-corrected chi connectivity index (χ1v) is 8.18. The summed E-state index contributed by atoms with van der Waals surface area (Å²) in [7, 11) is 0. The lowest BCUT2D eigenvalue weighted by Crippen LogP contribution is -2.42. The minimum atomic E-state index is -0.811. The molecule has 126 valence electrons. The van der Waals surface area contributed by atoms with Gasteiger partial charge in [-0.1, -0.05) is 26.0 Å². The van der Waals surface area contributed by atoms with E-state index in [9.17, 15) is 9.59 Å². The van der Waals surface area contributed by atoms with Crippen molar-refractivity contribution in [3.63, 3.8) is 0 Å². The Morgan fingerprint density at radius 3 is 2.61 bits per heavy atom. The molecule has 0 bridgehead atoms. The number of carbonyl (C=O) groups excluding carboxylic acids is 1. The second-order valence-electron chi connectivity index (χ2n) is 6.54. The van der Waals surface area contributed by atoms with Crippen molar-refractivity contribution in [1.29, 1.82) is 0 Å². The second-order valence-corrected chi connectivity index (χ2v) is 6.54. The van der Waals surface area contributed by atoms with Gasteiger partial charge >= 0.3 is 5.97 Å². The van der Waals surface area contributed by atoms with E-state index in [1.54, 1.807) is 4.90 Å². The smallest absolute Gasteiger partial charge is 0.308 e. The molecule has 2 rings (SSSR count). The van der Waals surface area contributed by atoms with Crippen molar-refractivity contribution < 1.29 is 19.4 Å². The molecule has 23 heavy (non-hydrogen) atoms. The van der Waals surface area contributed by atoms with E-state index < -0.39 is 11.9 Å². The van der Waals surface area contributed by atoms with E-state index >= 15 is 0 Å². The highest BCUT2D eigenvalue weighted by atomic mass is 16.5. The highest BCUT2D eigenvalue weighted by molar-refractivity contribution is 5.80. The number of ether oxygens (including phenoxy) is 1. The number of carbonyl (C=O) groups is 2. The summed E-state index contributed by atoms with van der Waals surface area (Å²) in [5, 5.41) is 9.10. The van der Waals surface area contributed by atoms with Crippen LogP contribution < -0.4 is 4.74 Å². The van der Waals surface area contributed by atoms with Crippen LogP contribution in [0.4, 0.5) is 0 Å². The fourth-order valence-electron chi connectivity index (χ4n) is 2.66. The molecule has 1 heterocycles. The van der Waals surface area contributed by atoms with Crippen molar-refractivity contribution >= 4 is 11.9 Å². The molecule has 1 atom stereocenters. The van der Waals surface area contributed by atoms with Crippen LogP contribution in [0.3, 0.4) is 0 Å². The molecule has 0 aromatic heterocycles. The van der Waals surface area contributed by atoms with Gasteiger partial charge in [-0.2, -0.15) is 0 Å². The molecule has 1 aromatic rings. The van der Waals surface area contributed by atoms with Gasteiger partial charge in [-0.15, -0.1) is 0 Å². The van der Waals surface area contributed by atoms with Gasteiger partial charge < -0.3 is 14.7 Å². The Kier molecular flexibility index (Phi) is 6.02. The third kappa shape index (κ3) is 5.27. The molecule has 5 nitrogen and oxygen atoms in total. The molecular formula is C18H25NO4. The predicted molar refractivity (Wildman–Crippen MR) is 87.4 cm³/mol. The average Bonchev–Trinajstić information content (AvgIpc) is 2.54. The molecule has 1 aliphatic heterocycles. The van der Waals surface area contributed by atoms with Crippen LogP contribution in [0.2, 0.25) is 0 Å². The summed E-state index contributed by atoms with van der Waals surface area (Å²) in [5.41, 5.74) is 0.921. The number of nitrogens with zero attached hydrogens (tertiary/aromatic N) is 1. The fraction of sp³-hybridized carbons (Fsp3) is 0.556. The van der Waals surface area contributed by atoms with Crippen molar-refractivity contribution in [3.8, 4) is 5.75 Å². The molecule has 1 amide bonds. The van der Waals surface area contributed by atoms with Crippen LogP contribution in [0.25, 0.3) is 0 Å². The van der Waals surface area contributed by atoms with Gasteiger partial charge in [0, 0.05) is 13.1 Å². The Bertz CT molecular complexity index is 538. The van der Waals surface area contributed by atoms with Crippen LogP contribution in [-0.4, -0.2) is 41.6 Å². The summed E-state index contributed by atoms with van der Waals surface area (Å²) in [6, 6.07) is 7.54. The van der Waals surface area contributed by atoms with Gasteiger partial charge in [-0.05, 0) is 36.5 Å². The highest BCUT2D eigenvalue weighted by Gasteiger charge is 2.27. The lowest BCUT2D eigenvalue weighted by molar-refractivity contribution is -0.145. The molecule has 1 saturated heterocycles. The van der Waals surface area contributed by atoms with E-state index in [4.69, 9.17) is 9.84 Å². The number of hydrogen-bond donors (Lipinski definition) is 1. The van der Waals surface area contributed by atoms with Gasteiger partial charge in [-0.3, -0.25) is 9.59 Å². The van der Waals surface area contributed by atoms with E-state index in [-0.39, 0.29) is 5.91 Å². The number of piperidine rings is 1. The van der Waals surface area contributed by atoms with Crippen LogP contribution in [-0.2, 0) is 16.0 Å². The first kappa shape index (κ1) is 17.3. The summed E-state index contributed by atoms with van der Waals surface area (Å²) >= 11 is 0. The number of rotatable bonds is 6. The molecule has 5 heteroatoms. The Hall–Kier alpha value is -2.04. The SMILES string of the molecule is CC(C)COc1ccc(CC(=O)N2CCC[C@H](C(=O)O)C2)cc1. The molecule has 0 spiro atoms. The van der Waals surface area contributed by atoms with E-state index in [0.717, 1.165) is 17.7 Å². The molecule has 0 unspecified atom stereocenters. The number of carboxylic acids is 1. The molecular weight excluding hydrogens is 294 g/mol. The monoisotopic (exact) mass is 319 g/mol.